The van der Waals surface area contributed by atoms with Gasteiger partial charge in [0.2, 0.25) is 0 Å². The second-order valence-corrected chi connectivity index (χ2v) is 4.73. The van der Waals surface area contributed by atoms with Crippen molar-refractivity contribution in [1.29, 1.82) is 0 Å². The van der Waals surface area contributed by atoms with Crippen molar-refractivity contribution in [2.24, 2.45) is 0 Å². The minimum absolute atomic E-state index is 0.249. The highest BCUT2D eigenvalue weighted by Gasteiger charge is 2.07. The number of methoxy groups -OCH3 is 1. The van der Waals surface area contributed by atoms with Crippen LogP contribution in [0.25, 0.3) is 0 Å². The van der Waals surface area contributed by atoms with Crippen molar-refractivity contribution in [2.45, 2.75) is 26.7 Å². The minimum atomic E-state index is -0.249. The van der Waals surface area contributed by atoms with E-state index < -0.39 is 0 Å². The molecule has 0 N–H and O–H groups in total. The van der Waals surface area contributed by atoms with Gasteiger partial charge in [-0.3, -0.25) is 4.79 Å². The summed E-state index contributed by atoms with van der Waals surface area (Å²) in [6.45, 7) is 4.26. The Morgan fingerprint density at radius 3 is 2.52 bits per heavy atom. The lowest BCUT2D eigenvalue weighted by molar-refractivity contribution is -0.139. The molecule has 0 bridgehead atoms. The number of ether oxygens (including phenoxy) is 2. The second kappa shape index (κ2) is 6.92. The maximum atomic E-state index is 11.2. The first-order valence-corrected chi connectivity index (χ1v) is 6.80. The van der Waals surface area contributed by atoms with E-state index in [1.54, 1.807) is 0 Å². The van der Waals surface area contributed by atoms with Crippen LogP contribution in [0.5, 0.6) is 5.75 Å². The molecule has 21 heavy (non-hydrogen) atoms. The Labute approximate surface area is 123 Å². The van der Waals surface area contributed by atoms with Gasteiger partial charge in [0.05, 0.1) is 25.8 Å². The minimum Gasteiger partial charge on any atom is -0.493 e. The van der Waals surface area contributed by atoms with Gasteiger partial charge in [0, 0.05) is 13.3 Å². The lowest BCUT2D eigenvalue weighted by Gasteiger charge is -2.06. The Balaban J connectivity index is 1.83. The number of oxazole rings is 1. The molecule has 0 spiro atoms. The van der Waals surface area contributed by atoms with Gasteiger partial charge in [0.15, 0.2) is 5.89 Å². The normalized spacial score (nSPS) is 10.4. The molecule has 112 valence electrons. The molecule has 5 heteroatoms. The number of rotatable bonds is 6. The molecular weight excluding hydrogens is 270 g/mol. The van der Waals surface area contributed by atoms with E-state index in [9.17, 15) is 4.79 Å². The topological polar surface area (TPSA) is 61.6 Å². The summed E-state index contributed by atoms with van der Waals surface area (Å²) in [5, 5.41) is 0. The van der Waals surface area contributed by atoms with Crippen molar-refractivity contribution >= 4 is 5.97 Å². The van der Waals surface area contributed by atoms with Crippen molar-refractivity contribution in [3.63, 3.8) is 0 Å². The van der Waals surface area contributed by atoms with E-state index in [0.29, 0.717) is 18.9 Å². The predicted molar refractivity (Wildman–Crippen MR) is 77.3 cm³/mol. The molecule has 5 nitrogen and oxygen atoms in total. The summed E-state index contributed by atoms with van der Waals surface area (Å²) in [6.07, 6.45) is 0.973. The number of esters is 1. The highest BCUT2D eigenvalue weighted by atomic mass is 16.5. The summed E-state index contributed by atoms with van der Waals surface area (Å²) in [5.41, 5.74) is 1.83. The monoisotopic (exact) mass is 289 g/mol. The lowest BCUT2D eigenvalue weighted by Crippen LogP contribution is -2.05. The molecule has 0 atom stereocenters. The molecule has 2 rings (SSSR count). The number of hydrogen-bond donors (Lipinski definition) is 0. The Morgan fingerprint density at radius 1 is 1.24 bits per heavy atom. The Kier molecular flexibility index (Phi) is 4.98. The van der Waals surface area contributed by atoms with Crippen LogP contribution in [0.3, 0.4) is 0 Å². The standard InChI is InChI=1S/C16H19NO4/c1-11-15(17-12(2)21-11)8-9-20-14-6-4-13(5-7-14)10-16(18)19-3/h4-7H,8-10H2,1-3H3. The summed E-state index contributed by atoms with van der Waals surface area (Å²) >= 11 is 0. The van der Waals surface area contributed by atoms with Gasteiger partial charge >= 0.3 is 5.97 Å². The summed E-state index contributed by atoms with van der Waals surface area (Å²) in [6, 6.07) is 7.41. The quantitative estimate of drug-likeness (QED) is 0.765. The molecule has 0 radical (unpaired) electrons. The van der Waals surface area contributed by atoms with Crippen LogP contribution in [-0.2, 0) is 22.4 Å². The molecule has 1 heterocycles. The summed E-state index contributed by atoms with van der Waals surface area (Å²) < 4.78 is 15.7. The third-order valence-corrected chi connectivity index (χ3v) is 3.11. The lowest BCUT2D eigenvalue weighted by atomic mass is 10.1. The number of hydrogen-bond acceptors (Lipinski definition) is 5. The number of nitrogens with zero attached hydrogens (tertiary/aromatic N) is 1. The van der Waals surface area contributed by atoms with Crippen LogP contribution in [-0.4, -0.2) is 24.7 Å². The second-order valence-electron chi connectivity index (χ2n) is 4.73. The van der Waals surface area contributed by atoms with Gasteiger partial charge in [0.25, 0.3) is 0 Å². The Morgan fingerprint density at radius 2 is 1.95 bits per heavy atom. The molecule has 0 amide bonds. The van der Waals surface area contributed by atoms with Crippen LogP contribution in [0.1, 0.15) is 22.9 Å². The van der Waals surface area contributed by atoms with Crippen molar-refractivity contribution in [3.8, 4) is 5.75 Å². The van der Waals surface area contributed by atoms with Crippen molar-refractivity contribution in [3.05, 3.63) is 47.2 Å². The van der Waals surface area contributed by atoms with Crippen molar-refractivity contribution in [1.82, 2.24) is 4.98 Å². The largest absolute Gasteiger partial charge is 0.493 e. The van der Waals surface area contributed by atoms with Crippen molar-refractivity contribution < 1.29 is 18.7 Å². The molecule has 0 aliphatic rings. The SMILES string of the molecule is COC(=O)Cc1ccc(OCCc2nc(C)oc2C)cc1. The van der Waals surface area contributed by atoms with Crippen LogP contribution in [0, 0.1) is 13.8 Å². The fourth-order valence-corrected chi connectivity index (χ4v) is 2.01. The molecule has 1 aromatic heterocycles. The van der Waals surface area contributed by atoms with E-state index in [0.717, 1.165) is 22.8 Å². The molecule has 0 unspecified atom stereocenters. The van der Waals surface area contributed by atoms with Gasteiger partial charge in [-0.2, -0.15) is 0 Å². The van der Waals surface area contributed by atoms with Crippen LogP contribution >= 0.6 is 0 Å². The number of carbonyl (C=O) groups is 1. The average Bonchev–Trinajstić information content (AvgIpc) is 2.79. The average molecular weight is 289 g/mol. The summed E-state index contributed by atoms with van der Waals surface area (Å²) in [5.74, 6) is 2.03. The highest BCUT2D eigenvalue weighted by Crippen LogP contribution is 2.14. The summed E-state index contributed by atoms with van der Waals surface area (Å²) in [7, 11) is 1.38. The molecule has 0 aliphatic carbocycles. The van der Waals surface area contributed by atoms with E-state index >= 15 is 0 Å². The van der Waals surface area contributed by atoms with Gasteiger partial charge in [0.1, 0.15) is 11.5 Å². The van der Waals surface area contributed by atoms with E-state index in [1.165, 1.54) is 7.11 Å². The third-order valence-electron chi connectivity index (χ3n) is 3.11. The molecule has 0 saturated heterocycles. The van der Waals surface area contributed by atoms with Crippen molar-refractivity contribution in [2.75, 3.05) is 13.7 Å². The Hall–Kier alpha value is -2.30. The zero-order valence-electron chi connectivity index (χ0n) is 12.5. The Bertz CT molecular complexity index is 601. The highest BCUT2D eigenvalue weighted by molar-refractivity contribution is 5.72. The zero-order chi connectivity index (χ0) is 15.2. The van der Waals surface area contributed by atoms with E-state index in [1.807, 2.05) is 38.1 Å². The third kappa shape index (κ3) is 4.34. The number of aromatic nitrogens is 1. The van der Waals surface area contributed by atoms with Gasteiger partial charge in [-0.15, -0.1) is 0 Å². The van der Waals surface area contributed by atoms with Gasteiger partial charge in [-0.05, 0) is 24.6 Å². The van der Waals surface area contributed by atoms with Crippen LogP contribution in [0.15, 0.2) is 28.7 Å². The molecule has 0 aliphatic heterocycles. The molecular formula is C16H19NO4. The van der Waals surface area contributed by atoms with E-state index in [2.05, 4.69) is 9.72 Å². The van der Waals surface area contributed by atoms with Gasteiger partial charge in [-0.25, -0.2) is 4.98 Å². The van der Waals surface area contributed by atoms with Crippen LogP contribution in [0.2, 0.25) is 0 Å². The van der Waals surface area contributed by atoms with E-state index in [4.69, 9.17) is 9.15 Å². The predicted octanol–water partition coefficient (Wildman–Crippen LogP) is 2.63. The van der Waals surface area contributed by atoms with Gasteiger partial charge < -0.3 is 13.9 Å². The molecule has 0 saturated carbocycles. The summed E-state index contributed by atoms with van der Waals surface area (Å²) in [4.78, 5) is 15.5. The number of aryl methyl sites for hydroxylation is 2. The zero-order valence-corrected chi connectivity index (χ0v) is 12.5. The fraction of sp³-hybridized carbons (Fsp3) is 0.375. The first kappa shape index (κ1) is 15.1. The maximum absolute atomic E-state index is 11.2. The molecule has 2 aromatic rings. The molecule has 0 fully saturated rings. The fourth-order valence-electron chi connectivity index (χ4n) is 2.01. The van der Waals surface area contributed by atoms with Crippen LogP contribution < -0.4 is 4.74 Å². The number of carbonyl (C=O) groups excluding carboxylic acids is 1. The number of benzene rings is 1. The van der Waals surface area contributed by atoms with Crippen LogP contribution in [0.4, 0.5) is 0 Å². The first-order valence-electron chi connectivity index (χ1n) is 6.80. The van der Waals surface area contributed by atoms with E-state index in [-0.39, 0.29) is 12.4 Å². The maximum Gasteiger partial charge on any atom is 0.309 e. The van der Waals surface area contributed by atoms with Gasteiger partial charge in [-0.1, -0.05) is 12.1 Å². The first-order chi connectivity index (χ1) is 10.1. The molecule has 1 aromatic carbocycles. The smallest absolute Gasteiger partial charge is 0.309 e.